The van der Waals surface area contributed by atoms with Crippen molar-refractivity contribution in [3.8, 4) is 0 Å². The minimum Gasteiger partial charge on any atom is -0.397 e. The smallest absolute Gasteiger partial charge is 0.160 e. The molecule has 19 heavy (non-hydrogen) atoms. The van der Waals surface area contributed by atoms with Gasteiger partial charge in [0.15, 0.2) is 11.0 Å². The van der Waals surface area contributed by atoms with E-state index in [4.69, 9.17) is 10.4 Å². The van der Waals surface area contributed by atoms with Crippen molar-refractivity contribution in [2.45, 2.75) is 6.92 Å². The first-order chi connectivity index (χ1) is 9.16. The summed E-state index contributed by atoms with van der Waals surface area (Å²) in [6, 6.07) is 9.63. The zero-order chi connectivity index (χ0) is 13.4. The van der Waals surface area contributed by atoms with Gasteiger partial charge in [0, 0.05) is 4.47 Å². The Balaban J connectivity index is 2.09. The van der Waals surface area contributed by atoms with E-state index < -0.39 is 0 Å². The molecular weight excluding hydrogens is 308 g/mol. The van der Waals surface area contributed by atoms with Crippen molar-refractivity contribution < 1.29 is 4.63 Å². The predicted octanol–water partition coefficient (Wildman–Crippen LogP) is 3.62. The normalized spacial score (nSPS) is 10.8. The van der Waals surface area contributed by atoms with E-state index in [1.165, 1.54) is 0 Å². The molecule has 1 aromatic heterocycles. The van der Waals surface area contributed by atoms with Gasteiger partial charge in [-0.2, -0.15) is 0 Å². The number of hydrogen-bond donors (Lipinski definition) is 2. The third-order valence-electron chi connectivity index (χ3n) is 2.91. The van der Waals surface area contributed by atoms with E-state index in [0.717, 1.165) is 21.4 Å². The summed E-state index contributed by atoms with van der Waals surface area (Å²) in [7, 11) is 0. The SMILES string of the molecule is Cc1cccc(Nc2ccc(N)c3nonc23)c1Br. The number of nitrogen functional groups attached to an aromatic ring is 1. The number of anilines is 3. The van der Waals surface area contributed by atoms with Crippen molar-refractivity contribution in [1.29, 1.82) is 0 Å². The largest absolute Gasteiger partial charge is 0.397 e. The van der Waals surface area contributed by atoms with Crippen LogP contribution in [0.2, 0.25) is 0 Å². The molecule has 3 N–H and O–H groups in total. The lowest BCUT2D eigenvalue weighted by Gasteiger charge is -2.10. The Kier molecular flexibility index (Phi) is 2.87. The predicted molar refractivity (Wildman–Crippen MR) is 78.4 cm³/mol. The van der Waals surface area contributed by atoms with Gasteiger partial charge in [0.05, 0.1) is 17.1 Å². The number of rotatable bonds is 2. The molecular formula is C13H11BrN4O. The molecule has 0 radical (unpaired) electrons. The fourth-order valence-electron chi connectivity index (χ4n) is 1.88. The van der Waals surface area contributed by atoms with Crippen molar-refractivity contribution in [3.05, 3.63) is 40.4 Å². The summed E-state index contributed by atoms with van der Waals surface area (Å²) in [5, 5.41) is 11.0. The van der Waals surface area contributed by atoms with Crippen LogP contribution in [0.15, 0.2) is 39.4 Å². The number of halogens is 1. The van der Waals surface area contributed by atoms with E-state index in [1.807, 2.05) is 31.2 Å². The number of nitrogens with two attached hydrogens (primary N) is 1. The van der Waals surface area contributed by atoms with Gasteiger partial charge in [-0.05, 0) is 56.9 Å². The molecule has 0 atom stereocenters. The lowest BCUT2D eigenvalue weighted by Crippen LogP contribution is -1.95. The number of hydrogen-bond acceptors (Lipinski definition) is 5. The van der Waals surface area contributed by atoms with E-state index in [-0.39, 0.29) is 0 Å². The van der Waals surface area contributed by atoms with Gasteiger partial charge in [-0.25, -0.2) is 4.63 Å². The van der Waals surface area contributed by atoms with Gasteiger partial charge >= 0.3 is 0 Å². The Morgan fingerprint density at radius 3 is 2.74 bits per heavy atom. The van der Waals surface area contributed by atoms with Crippen LogP contribution in [0.3, 0.4) is 0 Å². The fourth-order valence-corrected chi connectivity index (χ4v) is 2.24. The van der Waals surface area contributed by atoms with Crippen LogP contribution in [0, 0.1) is 6.92 Å². The highest BCUT2D eigenvalue weighted by atomic mass is 79.9. The number of nitrogens with one attached hydrogen (secondary N) is 1. The van der Waals surface area contributed by atoms with Crippen LogP contribution in [-0.2, 0) is 0 Å². The topological polar surface area (TPSA) is 77.0 Å². The standard InChI is InChI=1S/C13H11BrN4O/c1-7-3-2-4-9(11(7)14)16-10-6-5-8(15)12-13(10)18-19-17-12/h2-6,16H,15H2,1H3. The van der Waals surface area contributed by atoms with Gasteiger partial charge in [-0.3, -0.25) is 0 Å². The molecule has 0 amide bonds. The molecule has 6 heteroatoms. The maximum Gasteiger partial charge on any atom is 0.160 e. The highest BCUT2D eigenvalue weighted by Gasteiger charge is 2.11. The number of aromatic nitrogens is 2. The van der Waals surface area contributed by atoms with Gasteiger partial charge < -0.3 is 11.1 Å². The molecule has 0 saturated heterocycles. The summed E-state index contributed by atoms with van der Waals surface area (Å²) in [6.45, 7) is 2.03. The number of nitrogens with zero attached hydrogens (tertiary/aromatic N) is 2. The van der Waals surface area contributed by atoms with E-state index >= 15 is 0 Å². The van der Waals surface area contributed by atoms with Crippen LogP contribution in [0.5, 0.6) is 0 Å². The van der Waals surface area contributed by atoms with Crippen molar-refractivity contribution in [1.82, 2.24) is 10.3 Å². The average Bonchev–Trinajstić information content (AvgIpc) is 2.88. The Morgan fingerprint density at radius 1 is 1.11 bits per heavy atom. The fraction of sp³-hybridized carbons (Fsp3) is 0.0769. The van der Waals surface area contributed by atoms with Crippen molar-refractivity contribution in [2.24, 2.45) is 0 Å². The maximum absolute atomic E-state index is 5.82. The minimum atomic E-state index is 0.546. The quantitative estimate of drug-likeness (QED) is 0.706. The highest BCUT2D eigenvalue weighted by Crippen LogP contribution is 2.32. The summed E-state index contributed by atoms with van der Waals surface area (Å²) in [5.74, 6) is 0. The lowest BCUT2D eigenvalue weighted by atomic mass is 10.2. The van der Waals surface area contributed by atoms with Gasteiger partial charge in [0.2, 0.25) is 0 Å². The molecule has 3 rings (SSSR count). The second kappa shape index (κ2) is 4.55. The van der Waals surface area contributed by atoms with Crippen molar-refractivity contribution >= 4 is 44.0 Å². The molecule has 0 aliphatic carbocycles. The van der Waals surface area contributed by atoms with E-state index in [0.29, 0.717) is 16.7 Å². The van der Waals surface area contributed by atoms with Crippen LogP contribution in [0.25, 0.3) is 11.0 Å². The first-order valence-corrected chi connectivity index (χ1v) is 6.49. The third kappa shape index (κ3) is 2.04. The third-order valence-corrected chi connectivity index (χ3v) is 3.96. The molecule has 5 nitrogen and oxygen atoms in total. The zero-order valence-electron chi connectivity index (χ0n) is 10.1. The van der Waals surface area contributed by atoms with E-state index in [9.17, 15) is 0 Å². The Bertz CT molecular complexity index is 753. The number of aryl methyl sites for hydroxylation is 1. The van der Waals surface area contributed by atoms with E-state index in [1.54, 1.807) is 6.07 Å². The Morgan fingerprint density at radius 2 is 1.89 bits per heavy atom. The summed E-state index contributed by atoms with van der Waals surface area (Å²) in [4.78, 5) is 0. The Labute approximate surface area is 117 Å². The summed E-state index contributed by atoms with van der Waals surface area (Å²) >= 11 is 3.56. The molecule has 96 valence electrons. The van der Waals surface area contributed by atoms with Gasteiger partial charge in [0.25, 0.3) is 0 Å². The van der Waals surface area contributed by atoms with Gasteiger partial charge in [-0.1, -0.05) is 12.1 Å². The molecule has 2 aromatic carbocycles. The summed E-state index contributed by atoms with van der Waals surface area (Å²) in [5.41, 5.74) is 10.4. The molecule has 0 spiro atoms. The lowest BCUT2D eigenvalue weighted by molar-refractivity contribution is 0.316. The maximum atomic E-state index is 5.82. The molecule has 0 unspecified atom stereocenters. The van der Waals surface area contributed by atoms with Crippen LogP contribution in [-0.4, -0.2) is 10.3 Å². The van der Waals surface area contributed by atoms with Crippen LogP contribution < -0.4 is 11.1 Å². The number of benzene rings is 2. The molecule has 1 heterocycles. The second-order valence-corrected chi connectivity index (χ2v) is 5.02. The van der Waals surface area contributed by atoms with Crippen molar-refractivity contribution in [2.75, 3.05) is 11.1 Å². The van der Waals surface area contributed by atoms with E-state index in [2.05, 4.69) is 31.6 Å². The van der Waals surface area contributed by atoms with Gasteiger partial charge in [-0.15, -0.1) is 0 Å². The Hall–Kier alpha value is -2.08. The molecule has 0 aliphatic heterocycles. The minimum absolute atomic E-state index is 0.546. The summed E-state index contributed by atoms with van der Waals surface area (Å²) < 4.78 is 5.76. The molecule has 0 bridgehead atoms. The first kappa shape index (κ1) is 12.0. The molecule has 0 fully saturated rings. The molecule has 0 saturated carbocycles. The monoisotopic (exact) mass is 318 g/mol. The average molecular weight is 319 g/mol. The van der Waals surface area contributed by atoms with Crippen LogP contribution in [0.4, 0.5) is 17.1 Å². The number of fused-ring (bicyclic) bond motifs is 1. The van der Waals surface area contributed by atoms with Gasteiger partial charge in [0.1, 0.15) is 0 Å². The van der Waals surface area contributed by atoms with Crippen molar-refractivity contribution in [3.63, 3.8) is 0 Å². The molecule has 0 aliphatic rings. The molecule has 3 aromatic rings. The highest BCUT2D eigenvalue weighted by molar-refractivity contribution is 9.10. The van der Waals surface area contributed by atoms with Crippen LogP contribution >= 0.6 is 15.9 Å². The second-order valence-electron chi connectivity index (χ2n) is 4.23. The first-order valence-electron chi connectivity index (χ1n) is 5.69. The summed E-state index contributed by atoms with van der Waals surface area (Å²) in [6.07, 6.45) is 0. The van der Waals surface area contributed by atoms with Crippen LogP contribution in [0.1, 0.15) is 5.56 Å². The zero-order valence-corrected chi connectivity index (χ0v) is 11.7.